The lowest BCUT2D eigenvalue weighted by molar-refractivity contribution is -0.128. The van der Waals surface area contributed by atoms with E-state index in [9.17, 15) is 23.2 Å². The monoisotopic (exact) mass is 578 g/mol. The number of benzene rings is 2. The fourth-order valence-electron chi connectivity index (χ4n) is 5.08. The van der Waals surface area contributed by atoms with E-state index in [1.54, 1.807) is 35.4 Å². The largest absolute Gasteiger partial charge is 0.465 e. The summed E-state index contributed by atoms with van der Waals surface area (Å²) < 4.78 is 29.2. The van der Waals surface area contributed by atoms with Crippen LogP contribution in [0.2, 0.25) is 5.02 Å². The number of hydrogen-bond donors (Lipinski definition) is 3. The molecule has 1 aromatic heterocycles. The molecule has 11 heteroatoms. The van der Waals surface area contributed by atoms with Crippen LogP contribution in [0.1, 0.15) is 46.9 Å². The maximum Gasteiger partial charge on any atom is 0.409 e. The summed E-state index contributed by atoms with van der Waals surface area (Å²) >= 11 is 5.87. The smallest absolute Gasteiger partial charge is 0.409 e. The molecule has 0 aliphatic carbocycles. The highest BCUT2D eigenvalue weighted by atomic mass is 35.5. The topological polar surface area (TPSA) is 112 Å². The van der Waals surface area contributed by atoms with Gasteiger partial charge in [0.2, 0.25) is 5.91 Å². The van der Waals surface area contributed by atoms with Crippen LogP contribution in [0, 0.1) is 11.6 Å². The van der Waals surface area contributed by atoms with Gasteiger partial charge in [0, 0.05) is 36.6 Å². The molecule has 210 valence electrons. The average molecular weight is 579 g/mol. The van der Waals surface area contributed by atoms with Crippen LogP contribution < -0.4 is 10.6 Å². The first kappa shape index (κ1) is 28.0. The van der Waals surface area contributed by atoms with Crippen LogP contribution >= 0.6 is 11.6 Å². The van der Waals surface area contributed by atoms with E-state index < -0.39 is 29.7 Å². The van der Waals surface area contributed by atoms with E-state index >= 15 is 0 Å². The molecule has 1 atom stereocenters. The molecule has 0 radical (unpaired) electrons. The second-order valence-electron chi connectivity index (χ2n) is 9.60. The third kappa shape index (κ3) is 5.97. The van der Waals surface area contributed by atoms with Gasteiger partial charge in [0.05, 0.1) is 22.3 Å². The van der Waals surface area contributed by atoms with Crippen molar-refractivity contribution in [1.29, 1.82) is 0 Å². The van der Waals surface area contributed by atoms with E-state index in [2.05, 4.69) is 15.6 Å². The minimum Gasteiger partial charge on any atom is -0.465 e. The summed E-state index contributed by atoms with van der Waals surface area (Å²) in [7, 11) is 0. The molecule has 3 heterocycles. The van der Waals surface area contributed by atoms with Gasteiger partial charge in [-0.2, -0.15) is 0 Å². The van der Waals surface area contributed by atoms with Crippen LogP contribution in [-0.4, -0.2) is 46.0 Å². The Hall–Kier alpha value is -4.57. The Balaban J connectivity index is 1.53. The van der Waals surface area contributed by atoms with Gasteiger partial charge in [0.1, 0.15) is 5.82 Å². The molecule has 41 heavy (non-hydrogen) atoms. The summed E-state index contributed by atoms with van der Waals surface area (Å²) in [4.78, 5) is 43.8. The number of carbonyl (C=O) groups excluding carboxylic acids is 2. The van der Waals surface area contributed by atoms with Crippen LogP contribution in [0.25, 0.3) is 16.7 Å². The lowest BCUT2D eigenvalue weighted by Gasteiger charge is -2.34. The molecule has 2 bridgehead atoms. The van der Waals surface area contributed by atoms with Crippen LogP contribution in [0.3, 0.4) is 0 Å². The van der Waals surface area contributed by atoms with Crippen molar-refractivity contribution >= 4 is 40.8 Å². The third-order valence-electron chi connectivity index (χ3n) is 7.02. The van der Waals surface area contributed by atoms with Crippen molar-refractivity contribution in [1.82, 2.24) is 15.2 Å². The van der Waals surface area contributed by atoms with Gasteiger partial charge in [-0.3, -0.25) is 19.9 Å². The molecule has 0 spiro atoms. The molecular formula is C30H25ClF2N4O4. The first-order valence-electron chi connectivity index (χ1n) is 12.9. The van der Waals surface area contributed by atoms with Crippen molar-refractivity contribution in [2.24, 2.45) is 0 Å². The molecule has 5 rings (SSSR count). The zero-order chi connectivity index (χ0) is 29.1. The number of fused-ring (bicyclic) bond motifs is 4. The van der Waals surface area contributed by atoms with Crippen molar-refractivity contribution < 1.29 is 28.3 Å². The molecule has 8 nitrogen and oxygen atoms in total. The second kappa shape index (κ2) is 11.9. The fourth-order valence-corrected chi connectivity index (χ4v) is 5.24. The Morgan fingerprint density at radius 3 is 2.71 bits per heavy atom. The summed E-state index contributed by atoms with van der Waals surface area (Å²) in [5, 5.41) is 14.0. The molecule has 3 aromatic rings. The summed E-state index contributed by atoms with van der Waals surface area (Å²) in [5.74, 6) is -2.47. The maximum atomic E-state index is 14.7. The molecule has 2 aliphatic heterocycles. The van der Waals surface area contributed by atoms with Gasteiger partial charge in [-0.25, -0.2) is 13.6 Å². The predicted molar refractivity (Wildman–Crippen MR) is 150 cm³/mol. The number of nitrogens with zero attached hydrogens (tertiary/aromatic N) is 2. The van der Waals surface area contributed by atoms with Crippen molar-refractivity contribution in [2.45, 2.75) is 25.3 Å². The molecule has 0 saturated heterocycles. The zero-order valence-electron chi connectivity index (χ0n) is 21.7. The lowest BCUT2D eigenvalue weighted by atomic mass is 9.94. The number of halogens is 3. The van der Waals surface area contributed by atoms with E-state index in [-0.39, 0.29) is 46.3 Å². The van der Waals surface area contributed by atoms with E-state index in [4.69, 9.17) is 16.7 Å². The summed E-state index contributed by atoms with van der Waals surface area (Å²) in [6.45, 7) is 0.540. The summed E-state index contributed by atoms with van der Waals surface area (Å²) in [6, 6.07) is 9.92. The standard InChI is InChI=1S/C30H25ClF2N4O4/c31-22-7-8-23(32)27(28(22)33)18-10-13-37(26(38)15-18)25-4-2-1-3-11-35-29(39)21-16-19(36-30(40)41)5-6-20(21)17-9-12-34-24(25)14-17/h1-2,5-9,12,14-16,25,36H,3-4,10-11,13H2,(H,35,39)(H,40,41)/b2-1+/t25-/m0/s1. The molecule has 0 fully saturated rings. The van der Waals surface area contributed by atoms with Gasteiger partial charge in [0.15, 0.2) is 5.82 Å². The highest BCUT2D eigenvalue weighted by molar-refractivity contribution is 6.31. The molecular weight excluding hydrogens is 554 g/mol. The molecule has 2 aliphatic rings. The normalized spacial score (nSPS) is 18.2. The predicted octanol–water partition coefficient (Wildman–Crippen LogP) is 6.21. The molecule has 0 saturated carbocycles. The van der Waals surface area contributed by atoms with Gasteiger partial charge in [-0.05, 0) is 72.4 Å². The second-order valence-corrected chi connectivity index (χ2v) is 10.0. The van der Waals surface area contributed by atoms with E-state index in [1.807, 2.05) is 12.2 Å². The van der Waals surface area contributed by atoms with E-state index in [1.165, 1.54) is 12.1 Å². The van der Waals surface area contributed by atoms with Crippen LogP contribution in [-0.2, 0) is 4.79 Å². The Labute approximate surface area is 239 Å². The minimum absolute atomic E-state index is 0.196. The molecule has 3 amide bonds. The Bertz CT molecular complexity index is 1610. The number of anilines is 1. The lowest BCUT2D eigenvalue weighted by Crippen LogP contribution is -2.37. The van der Waals surface area contributed by atoms with Gasteiger partial charge >= 0.3 is 6.09 Å². The van der Waals surface area contributed by atoms with E-state index in [0.717, 1.165) is 12.1 Å². The highest BCUT2D eigenvalue weighted by Gasteiger charge is 2.30. The number of aromatic nitrogens is 1. The number of rotatable bonds is 3. The van der Waals surface area contributed by atoms with E-state index in [0.29, 0.717) is 36.2 Å². The van der Waals surface area contributed by atoms with Gasteiger partial charge < -0.3 is 15.3 Å². The number of pyridine rings is 1. The Morgan fingerprint density at radius 1 is 1.10 bits per heavy atom. The summed E-state index contributed by atoms with van der Waals surface area (Å²) in [6.07, 6.45) is 6.53. The quantitative estimate of drug-likeness (QED) is 0.253. The fraction of sp³-hybridized carbons (Fsp3) is 0.200. The zero-order valence-corrected chi connectivity index (χ0v) is 22.4. The number of carboxylic acid groups (broad SMARTS) is 1. The van der Waals surface area contributed by atoms with Gasteiger partial charge in [-0.1, -0.05) is 29.8 Å². The van der Waals surface area contributed by atoms with Crippen molar-refractivity contribution in [3.05, 3.63) is 100 Å². The van der Waals surface area contributed by atoms with Crippen LogP contribution in [0.4, 0.5) is 19.3 Å². The SMILES string of the molecule is O=C(O)Nc1ccc2c(c1)C(=O)NCC/C=C/C[C@H](N1CCC(c3c(F)ccc(Cl)c3F)=CC1=O)c1cc-2ccn1. The van der Waals surface area contributed by atoms with Crippen LogP contribution in [0.15, 0.2) is 66.9 Å². The van der Waals surface area contributed by atoms with Crippen molar-refractivity contribution in [3.63, 3.8) is 0 Å². The average Bonchev–Trinajstić information content (AvgIpc) is 2.95. The number of hydrogen-bond acceptors (Lipinski definition) is 4. The van der Waals surface area contributed by atoms with Crippen molar-refractivity contribution in [3.8, 4) is 11.1 Å². The van der Waals surface area contributed by atoms with Crippen LogP contribution in [0.5, 0.6) is 0 Å². The minimum atomic E-state index is -1.25. The Kier molecular flexibility index (Phi) is 8.11. The number of carbonyl (C=O) groups is 3. The number of nitrogens with one attached hydrogen (secondary N) is 2. The van der Waals surface area contributed by atoms with Crippen molar-refractivity contribution in [2.75, 3.05) is 18.4 Å². The molecule has 2 aromatic carbocycles. The Morgan fingerprint density at radius 2 is 1.93 bits per heavy atom. The van der Waals surface area contributed by atoms with Gasteiger partial charge in [0.25, 0.3) is 5.91 Å². The summed E-state index contributed by atoms with van der Waals surface area (Å²) in [5.41, 5.74) is 2.24. The number of amides is 3. The maximum absolute atomic E-state index is 14.7. The molecule has 0 unspecified atom stereocenters. The van der Waals surface area contributed by atoms with Gasteiger partial charge in [-0.15, -0.1) is 0 Å². The first-order chi connectivity index (χ1) is 19.7. The highest BCUT2D eigenvalue weighted by Crippen LogP contribution is 2.36. The third-order valence-corrected chi connectivity index (χ3v) is 7.31. The first-order valence-corrected chi connectivity index (χ1v) is 13.3. The molecule has 3 N–H and O–H groups in total.